The van der Waals surface area contributed by atoms with Crippen LogP contribution in [-0.2, 0) is 26.2 Å². The predicted octanol–water partition coefficient (Wildman–Crippen LogP) is 3.95. The number of carbonyl (C=O) groups excluding carboxylic acids is 1. The highest BCUT2D eigenvalue weighted by molar-refractivity contribution is 7.99. The van der Waals surface area contributed by atoms with Crippen LogP contribution >= 0.6 is 11.8 Å². The molecule has 3 aromatic rings. The van der Waals surface area contributed by atoms with Gasteiger partial charge in [-0.2, -0.15) is 0 Å². The maximum atomic E-state index is 12.5. The topological polar surface area (TPSA) is 142 Å². The van der Waals surface area contributed by atoms with Crippen molar-refractivity contribution in [2.75, 3.05) is 11.1 Å². The molecule has 0 saturated carbocycles. The van der Waals surface area contributed by atoms with Crippen molar-refractivity contribution < 1.29 is 22.9 Å². The molecule has 0 heterocycles. The molecule has 0 spiro atoms. The number of benzene rings is 3. The number of rotatable bonds is 11. The number of primary sulfonamides is 1. The van der Waals surface area contributed by atoms with Gasteiger partial charge in [-0.3, -0.25) is 14.9 Å². The number of nitro benzene ring substituents is 1. The summed E-state index contributed by atoms with van der Waals surface area (Å²) < 4.78 is 28.6. The Bertz CT molecular complexity index is 1240. The van der Waals surface area contributed by atoms with E-state index in [-0.39, 0.29) is 23.6 Å². The van der Waals surface area contributed by atoms with E-state index in [0.717, 1.165) is 16.5 Å². The first-order valence-electron chi connectivity index (χ1n) is 10.2. The Hall–Kier alpha value is -3.41. The molecular formula is C23H23N3O6S2. The van der Waals surface area contributed by atoms with E-state index in [2.05, 4.69) is 5.32 Å². The molecule has 0 fully saturated rings. The van der Waals surface area contributed by atoms with Crippen molar-refractivity contribution in [2.45, 2.75) is 28.9 Å². The molecule has 0 aromatic heterocycles. The largest absolute Gasteiger partial charge is 0.461 e. The van der Waals surface area contributed by atoms with Crippen molar-refractivity contribution in [1.82, 2.24) is 0 Å². The zero-order valence-electron chi connectivity index (χ0n) is 18.0. The number of anilines is 1. The summed E-state index contributed by atoms with van der Waals surface area (Å²) >= 11 is 1.47. The molecule has 11 heteroatoms. The average molecular weight is 502 g/mol. The minimum atomic E-state index is -4.11. The Morgan fingerprint density at radius 3 is 2.32 bits per heavy atom. The van der Waals surface area contributed by atoms with E-state index in [1.54, 1.807) is 0 Å². The van der Waals surface area contributed by atoms with E-state index >= 15 is 0 Å². The molecule has 0 amide bonds. The van der Waals surface area contributed by atoms with Crippen molar-refractivity contribution in [3.05, 3.63) is 94.5 Å². The van der Waals surface area contributed by atoms with Gasteiger partial charge in [0.25, 0.3) is 5.69 Å². The van der Waals surface area contributed by atoms with Crippen LogP contribution < -0.4 is 10.5 Å². The van der Waals surface area contributed by atoms with Gasteiger partial charge in [0.05, 0.1) is 16.2 Å². The van der Waals surface area contributed by atoms with Crippen LogP contribution in [0.5, 0.6) is 0 Å². The van der Waals surface area contributed by atoms with Crippen molar-refractivity contribution in [3.63, 3.8) is 0 Å². The van der Waals surface area contributed by atoms with Crippen LogP contribution in [0.1, 0.15) is 12.0 Å². The van der Waals surface area contributed by atoms with Crippen LogP contribution in [0, 0.1) is 10.1 Å². The maximum absolute atomic E-state index is 12.5. The Morgan fingerprint density at radius 1 is 1.06 bits per heavy atom. The maximum Gasteiger partial charge on any atom is 0.308 e. The molecule has 9 nitrogen and oxygen atoms in total. The fourth-order valence-electron chi connectivity index (χ4n) is 3.04. The van der Waals surface area contributed by atoms with Gasteiger partial charge in [-0.25, -0.2) is 13.6 Å². The van der Waals surface area contributed by atoms with Gasteiger partial charge in [-0.05, 0) is 29.8 Å². The standard InChI is InChI=1S/C23H23N3O6S2/c24-34(30,31)20-11-12-21(22(14-20)26(28)29)25-18(16-33-19-9-5-2-6-10-19)13-23(27)32-15-17-7-3-1-4-8-17/h1-12,14,18,25H,13,15-16H2,(H2,24,30,31)/t18-/m1/s1. The molecule has 3 aromatic carbocycles. The summed E-state index contributed by atoms with van der Waals surface area (Å²) in [4.78, 5) is 24.0. The molecule has 178 valence electrons. The number of esters is 1. The van der Waals surface area contributed by atoms with Crippen LogP contribution in [0.3, 0.4) is 0 Å². The molecular weight excluding hydrogens is 478 g/mol. The number of hydrogen-bond acceptors (Lipinski definition) is 8. The summed E-state index contributed by atoms with van der Waals surface area (Å²) in [5, 5.41) is 19.7. The molecule has 0 bridgehead atoms. The molecule has 3 rings (SSSR count). The van der Waals surface area contributed by atoms with Crippen molar-refractivity contribution >= 4 is 39.1 Å². The fourth-order valence-corrected chi connectivity index (χ4v) is 4.52. The van der Waals surface area contributed by atoms with E-state index in [0.29, 0.717) is 5.75 Å². The van der Waals surface area contributed by atoms with Crippen molar-refractivity contribution in [3.8, 4) is 0 Å². The number of nitro groups is 1. The van der Waals surface area contributed by atoms with Crippen molar-refractivity contribution in [1.29, 1.82) is 0 Å². The molecule has 0 unspecified atom stereocenters. The van der Waals surface area contributed by atoms with Crippen LogP contribution in [0.2, 0.25) is 0 Å². The summed E-state index contributed by atoms with van der Waals surface area (Å²) in [5.41, 5.74) is 0.457. The van der Waals surface area contributed by atoms with Gasteiger partial charge in [0.2, 0.25) is 10.0 Å². The second-order valence-electron chi connectivity index (χ2n) is 7.30. The Labute approximate surface area is 201 Å². The SMILES string of the molecule is NS(=O)(=O)c1ccc(N[C@@H](CSc2ccccc2)CC(=O)OCc2ccccc2)c([N+](=O)[O-])c1. The highest BCUT2D eigenvalue weighted by atomic mass is 32.2. The van der Waals surface area contributed by atoms with Gasteiger partial charge in [0.15, 0.2) is 0 Å². The minimum absolute atomic E-state index is 0.0548. The summed E-state index contributed by atoms with van der Waals surface area (Å²) in [6, 6.07) is 21.5. The molecule has 0 aliphatic carbocycles. The highest BCUT2D eigenvalue weighted by Gasteiger charge is 2.23. The second kappa shape index (κ2) is 11.6. The lowest BCUT2D eigenvalue weighted by Crippen LogP contribution is -2.27. The lowest BCUT2D eigenvalue weighted by molar-refractivity contribution is -0.384. The number of ether oxygens (including phenoxy) is 1. The third-order valence-corrected chi connectivity index (χ3v) is 6.79. The van der Waals surface area contributed by atoms with Crippen LogP contribution in [0.25, 0.3) is 0 Å². The molecule has 0 saturated heterocycles. The number of thioether (sulfide) groups is 1. The monoisotopic (exact) mass is 501 g/mol. The molecule has 0 aliphatic heterocycles. The number of hydrogen-bond donors (Lipinski definition) is 2. The lowest BCUT2D eigenvalue weighted by atomic mass is 10.2. The Kier molecular flexibility index (Phi) is 8.63. The lowest BCUT2D eigenvalue weighted by Gasteiger charge is -2.19. The third kappa shape index (κ3) is 7.58. The molecule has 0 aliphatic rings. The van der Waals surface area contributed by atoms with Crippen LogP contribution in [0.4, 0.5) is 11.4 Å². The van der Waals surface area contributed by atoms with E-state index < -0.39 is 32.6 Å². The first kappa shape index (κ1) is 25.2. The zero-order chi connectivity index (χ0) is 24.6. The van der Waals surface area contributed by atoms with Crippen molar-refractivity contribution in [2.24, 2.45) is 5.14 Å². The molecule has 1 atom stereocenters. The summed E-state index contributed by atoms with van der Waals surface area (Å²) in [6.45, 7) is 0.113. The van der Waals surface area contributed by atoms with Crippen LogP contribution in [-0.4, -0.2) is 31.1 Å². The minimum Gasteiger partial charge on any atom is -0.461 e. The van der Waals surface area contributed by atoms with E-state index in [9.17, 15) is 23.3 Å². The number of nitrogens with two attached hydrogens (primary N) is 1. The Balaban J connectivity index is 1.77. The summed E-state index contributed by atoms with van der Waals surface area (Å²) in [7, 11) is -4.11. The Morgan fingerprint density at radius 2 is 1.71 bits per heavy atom. The van der Waals surface area contributed by atoms with Gasteiger partial charge in [-0.1, -0.05) is 48.5 Å². The quantitative estimate of drug-likeness (QED) is 0.174. The summed E-state index contributed by atoms with van der Waals surface area (Å²) in [5.74, 6) is -0.0720. The first-order chi connectivity index (χ1) is 16.2. The van der Waals surface area contributed by atoms with E-state index in [1.807, 2.05) is 60.7 Å². The number of sulfonamides is 1. The third-order valence-electron chi connectivity index (χ3n) is 4.70. The normalized spacial score (nSPS) is 12.0. The first-order valence-corrected chi connectivity index (χ1v) is 12.7. The number of nitrogens with zero attached hydrogens (tertiary/aromatic N) is 1. The second-order valence-corrected chi connectivity index (χ2v) is 9.95. The summed E-state index contributed by atoms with van der Waals surface area (Å²) in [6.07, 6.45) is -0.0548. The molecule has 0 radical (unpaired) electrons. The van der Waals surface area contributed by atoms with E-state index in [1.165, 1.54) is 23.9 Å². The van der Waals surface area contributed by atoms with Crippen LogP contribution in [0.15, 0.2) is 88.7 Å². The molecule has 3 N–H and O–H groups in total. The molecule has 34 heavy (non-hydrogen) atoms. The van der Waals surface area contributed by atoms with E-state index in [4.69, 9.17) is 9.88 Å². The van der Waals surface area contributed by atoms with Gasteiger partial charge in [0, 0.05) is 22.8 Å². The highest BCUT2D eigenvalue weighted by Crippen LogP contribution is 2.29. The number of nitrogens with one attached hydrogen (secondary N) is 1. The van der Waals surface area contributed by atoms with Gasteiger partial charge >= 0.3 is 5.97 Å². The fraction of sp³-hybridized carbons (Fsp3) is 0.174. The number of carbonyl (C=O) groups is 1. The van der Waals surface area contributed by atoms with Gasteiger partial charge in [-0.15, -0.1) is 11.8 Å². The predicted molar refractivity (Wildman–Crippen MR) is 130 cm³/mol. The van der Waals surface area contributed by atoms with Gasteiger partial charge < -0.3 is 10.1 Å². The zero-order valence-corrected chi connectivity index (χ0v) is 19.6. The average Bonchev–Trinajstić information content (AvgIpc) is 2.82. The van der Waals surface area contributed by atoms with Gasteiger partial charge in [0.1, 0.15) is 12.3 Å². The smallest absolute Gasteiger partial charge is 0.308 e.